The molecule has 2 aromatic heterocycles. The highest BCUT2D eigenvalue weighted by molar-refractivity contribution is 6.31. The van der Waals surface area contributed by atoms with Gasteiger partial charge in [0.05, 0.1) is 0 Å². The summed E-state index contributed by atoms with van der Waals surface area (Å²) in [5.41, 5.74) is 5.60. The van der Waals surface area contributed by atoms with Crippen LogP contribution in [0, 0.1) is 0 Å². The maximum Gasteiger partial charge on any atom is 0.139 e. The normalized spacial score (nSPS) is 10.7. The van der Waals surface area contributed by atoms with Crippen LogP contribution in [0.5, 0.6) is 5.75 Å². The molecule has 0 fully saturated rings. The molecule has 4 N–H and O–H groups in total. The van der Waals surface area contributed by atoms with Crippen molar-refractivity contribution >= 4 is 39.8 Å². The Bertz CT molecular complexity index is 771. The van der Waals surface area contributed by atoms with Crippen LogP contribution in [0.1, 0.15) is 0 Å². The minimum atomic E-state index is 0.0401. The number of nitrogens with zero attached hydrogens (tertiary/aromatic N) is 2. The first-order valence-corrected chi connectivity index (χ1v) is 6.27. The zero-order chi connectivity index (χ0) is 14.1. The molecule has 0 aliphatic carbocycles. The van der Waals surface area contributed by atoms with Gasteiger partial charge in [-0.25, -0.2) is 9.97 Å². The summed E-state index contributed by atoms with van der Waals surface area (Å²) in [4.78, 5) is 8.36. The minimum absolute atomic E-state index is 0.0401. The maximum atomic E-state index is 9.53. The summed E-state index contributed by atoms with van der Waals surface area (Å²) >= 11 is 6.01. The molecule has 3 rings (SSSR count). The second-order valence-electron chi connectivity index (χ2n) is 4.29. The van der Waals surface area contributed by atoms with Gasteiger partial charge < -0.3 is 16.2 Å². The summed E-state index contributed by atoms with van der Waals surface area (Å²) in [7, 11) is 0. The molecule has 5 nitrogen and oxygen atoms in total. The summed E-state index contributed by atoms with van der Waals surface area (Å²) in [6, 6.07) is 10.3. The van der Waals surface area contributed by atoms with Gasteiger partial charge in [-0.1, -0.05) is 17.7 Å². The van der Waals surface area contributed by atoms with Crippen LogP contribution >= 0.6 is 11.6 Å². The number of rotatable bonds is 2. The zero-order valence-corrected chi connectivity index (χ0v) is 11.1. The Morgan fingerprint density at radius 2 is 2.00 bits per heavy atom. The molecule has 0 atom stereocenters. The van der Waals surface area contributed by atoms with Gasteiger partial charge in [-0.05, 0) is 23.6 Å². The number of aromatic nitrogens is 2. The van der Waals surface area contributed by atoms with Crippen LogP contribution in [0.3, 0.4) is 0 Å². The standard InChI is InChI=1S/C14H11ClN4O/c15-9-2-1-8-3-4-17-14(11(8)5-9)19-13-7-10(20)6-12(16)18-13/h1-7H,(H4,16,17,18,19,20). The molecule has 0 saturated carbocycles. The van der Waals surface area contributed by atoms with Crippen molar-refractivity contribution < 1.29 is 5.11 Å². The fourth-order valence-electron chi connectivity index (χ4n) is 1.96. The van der Waals surface area contributed by atoms with Gasteiger partial charge in [-0.3, -0.25) is 0 Å². The number of nitrogens with one attached hydrogen (secondary N) is 1. The molecular weight excluding hydrogens is 276 g/mol. The van der Waals surface area contributed by atoms with Crippen molar-refractivity contribution in [2.24, 2.45) is 0 Å². The molecule has 20 heavy (non-hydrogen) atoms. The van der Waals surface area contributed by atoms with E-state index in [1.54, 1.807) is 6.20 Å². The van der Waals surface area contributed by atoms with Gasteiger partial charge in [0.1, 0.15) is 23.2 Å². The van der Waals surface area contributed by atoms with Crippen LogP contribution in [0.4, 0.5) is 17.5 Å². The number of hydrogen-bond donors (Lipinski definition) is 3. The summed E-state index contributed by atoms with van der Waals surface area (Å²) in [5, 5.41) is 15.0. The number of fused-ring (bicyclic) bond motifs is 1. The first-order chi connectivity index (χ1) is 9.61. The maximum absolute atomic E-state index is 9.53. The number of anilines is 3. The van der Waals surface area contributed by atoms with E-state index in [0.29, 0.717) is 16.7 Å². The van der Waals surface area contributed by atoms with Crippen molar-refractivity contribution in [3.63, 3.8) is 0 Å². The number of nitrogen functional groups attached to an aromatic ring is 1. The van der Waals surface area contributed by atoms with Crippen molar-refractivity contribution in [2.45, 2.75) is 0 Å². The second kappa shape index (κ2) is 4.86. The van der Waals surface area contributed by atoms with Crippen LogP contribution in [0.2, 0.25) is 5.02 Å². The van der Waals surface area contributed by atoms with Gasteiger partial charge in [0.15, 0.2) is 0 Å². The van der Waals surface area contributed by atoms with E-state index in [1.165, 1.54) is 12.1 Å². The Morgan fingerprint density at radius 1 is 1.15 bits per heavy atom. The number of aromatic hydroxyl groups is 1. The van der Waals surface area contributed by atoms with Crippen molar-refractivity contribution in [2.75, 3.05) is 11.1 Å². The average Bonchev–Trinajstić information content (AvgIpc) is 2.38. The third kappa shape index (κ3) is 2.44. The summed E-state index contributed by atoms with van der Waals surface area (Å²) in [6.45, 7) is 0. The molecule has 0 bridgehead atoms. The molecular formula is C14H11ClN4O. The Hall–Kier alpha value is -2.53. The Kier molecular flexibility index (Phi) is 3.04. The van der Waals surface area contributed by atoms with Crippen LogP contribution < -0.4 is 11.1 Å². The van der Waals surface area contributed by atoms with Crippen molar-refractivity contribution in [3.8, 4) is 5.75 Å². The highest BCUT2D eigenvalue weighted by Crippen LogP contribution is 2.27. The molecule has 1 aromatic carbocycles. The predicted molar refractivity (Wildman–Crippen MR) is 80.3 cm³/mol. The monoisotopic (exact) mass is 286 g/mol. The smallest absolute Gasteiger partial charge is 0.139 e. The SMILES string of the molecule is Nc1cc(O)cc(Nc2nccc3ccc(Cl)cc23)n1. The Morgan fingerprint density at radius 3 is 2.80 bits per heavy atom. The van der Waals surface area contributed by atoms with E-state index in [9.17, 15) is 5.11 Å². The van der Waals surface area contributed by atoms with E-state index >= 15 is 0 Å². The van der Waals surface area contributed by atoms with Gasteiger partial charge >= 0.3 is 0 Å². The molecule has 0 saturated heterocycles. The molecule has 2 heterocycles. The highest BCUT2D eigenvalue weighted by atomic mass is 35.5. The lowest BCUT2D eigenvalue weighted by atomic mass is 10.1. The third-order valence-electron chi connectivity index (χ3n) is 2.80. The van der Waals surface area contributed by atoms with E-state index in [2.05, 4.69) is 15.3 Å². The lowest BCUT2D eigenvalue weighted by Crippen LogP contribution is -1.99. The van der Waals surface area contributed by atoms with Crippen LogP contribution in [-0.4, -0.2) is 15.1 Å². The van der Waals surface area contributed by atoms with Crippen LogP contribution in [-0.2, 0) is 0 Å². The predicted octanol–water partition coefficient (Wildman–Crippen LogP) is 3.31. The molecule has 3 aromatic rings. The van der Waals surface area contributed by atoms with Gasteiger partial charge in [-0.2, -0.15) is 0 Å². The first-order valence-electron chi connectivity index (χ1n) is 5.90. The Balaban J connectivity index is 2.08. The largest absolute Gasteiger partial charge is 0.508 e. The van der Waals surface area contributed by atoms with Crippen molar-refractivity contribution in [3.05, 3.63) is 47.6 Å². The quantitative estimate of drug-likeness (QED) is 0.673. The zero-order valence-electron chi connectivity index (χ0n) is 10.3. The number of benzene rings is 1. The molecule has 0 aliphatic heterocycles. The van der Waals surface area contributed by atoms with Gasteiger partial charge in [-0.15, -0.1) is 0 Å². The van der Waals surface area contributed by atoms with Crippen molar-refractivity contribution in [1.82, 2.24) is 9.97 Å². The molecule has 100 valence electrons. The fraction of sp³-hybridized carbons (Fsp3) is 0. The number of hydrogen-bond acceptors (Lipinski definition) is 5. The van der Waals surface area contributed by atoms with E-state index < -0.39 is 0 Å². The fourth-order valence-corrected chi connectivity index (χ4v) is 2.13. The minimum Gasteiger partial charge on any atom is -0.508 e. The molecule has 6 heteroatoms. The van der Waals surface area contributed by atoms with Gasteiger partial charge in [0.2, 0.25) is 0 Å². The summed E-state index contributed by atoms with van der Waals surface area (Å²) in [5.74, 6) is 1.29. The first kappa shape index (κ1) is 12.5. The Labute approximate surface area is 120 Å². The van der Waals surface area contributed by atoms with E-state index in [0.717, 1.165) is 10.8 Å². The number of pyridine rings is 2. The summed E-state index contributed by atoms with van der Waals surface area (Å²) in [6.07, 6.45) is 1.69. The van der Waals surface area contributed by atoms with Gasteiger partial charge in [0, 0.05) is 28.7 Å². The number of halogens is 1. The van der Waals surface area contributed by atoms with E-state index in [-0.39, 0.29) is 11.6 Å². The molecule has 0 spiro atoms. The topological polar surface area (TPSA) is 84.1 Å². The summed E-state index contributed by atoms with van der Waals surface area (Å²) < 4.78 is 0. The van der Waals surface area contributed by atoms with E-state index in [1.807, 2.05) is 24.3 Å². The lowest BCUT2D eigenvalue weighted by Gasteiger charge is -2.09. The molecule has 0 amide bonds. The van der Waals surface area contributed by atoms with Crippen LogP contribution in [0.25, 0.3) is 10.8 Å². The second-order valence-corrected chi connectivity index (χ2v) is 4.72. The molecule has 0 unspecified atom stereocenters. The third-order valence-corrected chi connectivity index (χ3v) is 3.04. The number of nitrogens with two attached hydrogens (primary N) is 1. The van der Waals surface area contributed by atoms with Gasteiger partial charge in [0.25, 0.3) is 0 Å². The average molecular weight is 287 g/mol. The van der Waals surface area contributed by atoms with Crippen molar-refractivity contribution in [1.29, 1.82) is 0 Å². The molecule has 0 radical (unpaired) electrons. The van der Waals surface area contributed by atoms with E-state index in [4.69, 9.17) is 17.3 Å². The van der Waals surface area contributed by atoms with Crippen LogP contribution in [0.15, 0.2) is 42.6 Å². The lowest BCUT2D eigenvalue weighted by molar-refractivity contribution is 0.475. The highest BCUT2D eigenvalue weighted by Gasteiger charge is 2.06. The molecule has 0 aliphatic rings.